The van der Waals surface area contributed by atoms with Gasteiger partial charge in [-0.05, 0) is 24.3 Å². The Morgan fingerprint density at radius 1 is 0.481 bits per heavy atom. The molecule has 0 amide bonds. The number of benzene rings is 4. The fraction of sp³-hybridized carbons (Fsp3) is 0.0400. The van der Waals surface area contributed by atoms with Crippen LogP contribution in [0.15, 0.2) is 78.9 Å². The summed E-state index contributed by atoms with van der Waals surface area (Å²) in [5.41, 5.74) is 6.51. The fourth-order valence-electron chi connectivity index (χ4n) is 5.17. The molecule has 126 valence electrons. The third-order valence-corrected chi connectivity index (χ3v) is 6.26. The molecule has 0 radical (unpaired) electrons. The van der Waals surface area contributed by atoms with Crippen molar-refractivity contribution in [2.75, 3.05) is 0 Å². The van der Waals surface area contributed by atoms with Gasteiger partial charge >= 0.3 is 0 Å². The molecular formula is C25H16N2. The molecule has 0 aliphatic carbocycles. The molecule has 0 unspecified atom stereocenters. The van der Waals surface area contributed by atoms with Crippen LogP contribution in [0, 0.1) is 0 Å². The quantitative estimate of drug-likeness (QED) is 0.298. The zero-order valence-corrected chi connectivity index (χ0v) is 14.9. The minimum Gasteiger partial charge on any atom is -0.344 e. The van der Waals surface area contributed by atoms with Crippen LogP contribution in [0.3, 0.4) is 0 Å². The van der Waals surface area contributed by atoms with Gasteiger partial charge in [0.1, 0.15) is 0 Å². The van der Waals surface area contributed by atoms with Crippen LogP contribution in [0.1, 0.15) is 0 Å². The molecule has 0 saturated heterocycles. The Morgan fingerprint density at radius 2 is 1.11 bits per heavy atom. The van der Waals surface area contributed by atoms with Crippen LogP contribution < -0.4 is 0 Å². The van der Waals surface area contributed by atoms with Gasteiger partial charge in [-0.15, -0.1) is 0 Å². The Labute approximate surface area is 155 Å². The average Bonchev–Trinajstić information content (AvgIpc) is 3.34. The Balaban J connectivity index is 1.91. The first-order chi connectivity index (χ1) is 13.3. The third kappa shape index (κ3) is 1.42. The van der Waals surface area contributed by atoms with E-state index in [1.54, 1.807) is 0 Å². The maximum Gasteiger partial charge on any atom is 0.0620 e. The van der Waals surface area contributed by atoms with Gasteiger partial charge in [0, 0.05) is 50.4 Å². The van der Waals surface area contributed by atoms with E-state index < -0.39 is 0 Å². The Morgan fingerprint density at radius 3 is 2.00 bits per heavy atom. The fourth-order valence-corrected chi connectivity index (χ4v) is 5.17. The molecule has 7 rings (SSSR count). The largest absolute Gasteiger partial charge is 0.344 e. The summed E-state index contributed by atoms with van der Waals surface area (Å²) in [6.45, 7) is 0. The molecule has 3 aromatic heterocycles. The molecule has 0 aliphatic rings. The van der Waals surface area contributed by atoms with E-state index in [1.165, 1.54) is 59.9 Å². The molecule has 0 spiro atoms. The molecule has 7 aromatic rings. The summed E-state index contributed by atoms with van der Waals surface area (Å²) < 4.78 is 4.77. The smallest absolute Gasteiger partial charge is 0.0620 e. The van der Waals surface area contributed by atoms with E-state index in [2.05, 4.69) is 94.9 Å². The van der Waals surface area contributed by atoms with Gasteiger partial charge < -0.3 is 8.97 Å². The second-order valence-electron chi connectivity index (χ2n) is 7.48. The van der Waals surface area contributed by atoms with Gasteiger partial charge in [-0.25, -0.2) is 0 Å². The third-order valence-electron chi connectivity index (χ3n) is 6.26. The summed E-state index contributed by atoms with van der Waals surface area (Å²) in [4.78, 5) is 0. The molecular weight excluding hydrogens is 328 g/mol. The maximum absolute atomic E-state index is 2.45. The van der Waals surface area contributed by atoms with Crippen LogP contribution in [0.25, 0.3) is 59.9 Å². The number of fused-ring (bicyclic) bond motifs is 10. The monoisotopic (exact) mass is 344 g/mol. The number of hydrogen-bond donors (Lipinski definition) is 0. The first-order valence-corrected chi connectivity index (χ1v) is 9.37. The molecule has 2 heteroatoms. The second-order valence-corrected chi connectivity index (χ2v) is 7.48. The first kappa shape index (κ1) is 13.7. The second kappa shape index (κ2) is 4.41. The molecule has 0 saturated carbocycles. The van der Waals surface area contributed by atoms with Gasteiger partial charge in [-0.2, -0.15) is 0 Å². The summed E-state index contributed by atoms with van der Waals surface area (Å²) in [5, 5.41) is 8.09. The predicted octanol–water partition coefficient (Wildman–Crippen LogP) is 6.48. The van der Waals surface area contributed by atoms with Crippen LogP contribution in [-0.4, -0.2) is 8.97 Å². The highest BCUT2D eigenvalue weighted by molar-refractivity contribution is 6.32. The Kier molecular flexibility index (Phi) is 2.23. The van der Waals surface area contributed by atoms with Crippen LogP contribution in [0.4, 0.5) is 0 Å². The molecule has 0 N–H and O–H groups in total. The van der Waals surface area contributed by atoms with Gasteiger partial charge in [0.2, 0.25) is 0 Å². The Bertz CT molecular complexity index is 1680. The summed E-state index contributed by atoms with van der Waals surface area (Å²) in [6, 6.07) is 28.8. The minimum atomic E-state index is 1.29. The van der Waals surface area contributed by atoms with Gasteiger partial charge in [-0.3, -0.25) is 0 Å². The van der Waals surface area contributed by atoms with Crippen molar-refractivity contribution in [3.63, 3.8) is 0 Å². The lowest BCUT2D eigenvalue weighted by atomic mass is 10.0. The van der Waals surface area contributed by atoms with E-state index in [-0.39, 0.29) is 0 Å². The number of aromatic nitrogens is 2. The highest BCUT2D eigenvalue weighted by Gasteiger charge is 2.20. The number of hydrogen-bond acceptors (Lipinski definition) is 0. The number of para-hydroxylation sites is 3. The van der Waals surface area contributed by atoms with E-state index in [9.17, 15) is 0 Å². The Hall–Kier alpha value is -3.52. The molecule has 2 nitrogen and oxygen atoms in total. The van der Waals surface area contributed by atoms with E-state index >= 15 is 0 Å². The maximum atomic E-state index is 2.45. The normalized spacial score (nSPS) is 12.6. The minimum absolute atomic E-state index is 1.29. The molecule has 0 atom stereocenters. The average molecular weight is 344 g/mol. The summed E-state index contributed by atoms with van der Waals surface area (Å²) in [7, 11) is 2.17. The number of nitrogens with zero attached hydrogens (tertiary/aromatic N) is 2. The molecule has 0 fully saturated rings. The topological polar surface area (TPSA) is 9.34 Å². The molecule has 4 aromatic carbocycles. The van der Waals surface area contributed by atoms with Crippen molar-refractivity contribution < 1.29 is 0 Å². The highest BCUT2D eigenvalue weighted by atomic mass is 14.9. The standard InChI is InChI=1S/C25H16N2/c1-26-19-11-4-3-8-17(19)23-21(26)13-14-22-24(23)18-10-6-9-16-15-7-2-5-12-20(15)27(22)25(16)18/h2-14H,1H3. The van der Waals surface area contributed by atoms with Crippen molar-refractivity contribution >= 4 is 59.9 Å². The van der Waals surface area contributed by atoms with Crippen molar-refractivity contribution in [2.45, 2.75) is 0 Å². The van der Waals surface area contributed by atoms with Crippen molar-refractivity contribution in [1.82, 2.24) is 8.97 Å². The number of rotatable bonds is 0. The zero-order valence-electron chi connectivity index (χ0n) is 14.9. The molecule has 0 aliphatic heterocycles. The zero-order chi connectivity index (χ0) is 17.7. The molecule has 27 heavy (non-hydrogen) atoms. The summed E-state index contributed by atoms with van der Waals surface area (Å²) >= 11 is 0. The van der Waals surface area contributed by atoms with Crippen LogP contribution in [-0.2, 0) is 7.05 Å². The highest BCUT2D eigenvalue weighted by Crippen LogP contribution is 2.43. The van der Waals surface area contributed by atoms with Gasteiger partial charge in [0.15, 0.2) is 0 Å². The van der Waals surface area contributed by atoms with Crippen LogP contribution in [0.5, 0.6) is 0 Å². The number of aryl methyl sites for hydroxylation is 1. The van der Waals surface area contributed by atoms with Gasteiger partial charge in [0.25, 0.3) is 0 Å². The van der Waals surface area contributed by atoms with Crippen LogP contribution in [0.2, 0.25) is 0 Å². The van der Waals surface area contributed by atoms with Crippen molar-refractivity contribution in [1.29, 1.82) is 0 Å². The van der Waals surface area contributed by atoms with Crippen LogP contribution >= 0.6 is 0 Å². The lowest BCUT2D eigenvalue weighted by Crippen LogP contribution is -1.86. The lowest BCUT2D eigenvalue weighted by Gasteiger charge is -2.01. The van der Waals surface area contributed by atoms with E-state index in [0.717, 1.165) is 0 Å². The van der Waals surface area contributed by atoms with Gasteiger partial charge in [0.05, 0.1) is 16.6 Å². The predicted molar refractivity (Wildman–Crippen MR) is 115 cm³/mol. The van der Waals surface area contributed by atoms with E-state index in [1.807, 2.05) is 0 Å². The van der Waals surface area contributed by atoms with Gasteiger partial charge in [-0.1, -0.05) is 54.6 Å². The molecule has 3 heterocycles. The summed E-state index contributed by atoms with van der Waals surface area (Å²) in [6.07, 6.45) is 0. The first-order valence-electron chi connectivity index (χ1n) is 9.37. The SMILES string of the molecule is Cn1c2ccccc2c2c3c4cccc5c6ccccc6n(c3ccc21)c54. The lowest BCUT2D eigenvalue weighted by molar-refractivity contribution is 1.01. The van der Waals surface area contributed by atoms with Crippen molar-refractivity contribution in [3.8, 4) is 0 Å². The van der Waals surface area contributed by atoms with Crippen molar-refractivity contribution in [3.05, 3.63) is 78.9 Å². The van der Waals surface area contributed by atoms with E-state index in [4.69, 9.17) is 0 Å². The summed E-state index contributed by atoms with van der Waals surface area (Å²) in [5.74, 6) is 0. The van der Waals surface area contributed by atoms with E-state index in [0.29, 0.717) is 0 Å². The molecule has 0 bridgehead atoms. The van der Waals surface area contributed by atoms with Crippen molar-refractivity contribution in [2.24, 2.45) is 7.05 Å².